The van der Waals surface area contributed by atoms with E-state index in [9.17, 15) is 33.6 Å². The standard InChI is InChI=1S/C52H89N5O10/c1-13-15-16-17-18-19-20-21-25-28-39(31-43(58)65-33-38-26-23-22-24-27-38)66-51(64)46(37(9)14-2)57-49(62)41(30-35(5)6)54-48(61)42(32-44(59)67-52(10,11)12)55-50(63)45(36(7)8)56-47(60)40(53)29-34(3)4/h22-24,26-27,34-37,39-42,45-46H,13-21,25,28-33,53H2,1-12H3,(H,54,61)(H,55,63)(H,56,60)(H,57,62)/t37-,39?,40-,41+,42-,45-,46-/m0/s1. The molecule has 1 aromatic carbocycles. The third kappa shape index (κ3) is 26.6. The number of amides is 4. The molecule has 15 nitrogen and oxygen atoms in total. The van der Waals surface area contributed by atoms with Crippen LogP contribution in [0.25, 0.3) is 0 Å². The Bertz CT molecular complexity index is 1650. The van der Waals surface area contributed by atoms with Crippen molar-refractivity contribution in [1.29, 1.82) is 0 Å². The molecule has 6 N–H and O–H groups in total. The van der Waals surface area contributed by atoms with Crippen molar-refractivity contribution in [2.75, 3.05) is 0 Å². The second kappa shape index (κ2) is 32.3. The number of hydrogen-bond donors (Lipinski definition) is 5. The fourth-order valence-electron chi connectivity index (χ4n) is 7.43. The highest BCUT2D eigenvalue weighted by Gasteiger charge is 2.37. The molecule has 0 saturated carbocycles. The summed E-state index contributed by atoms with van der Waals surface area (Å²) in [6, 6.07) is 3.48. The molecule has 0 aromatic heterocycles. The Morgan fingerprint density at radius 2 is 1.15 bits per heavy atom. The number of benzene rings is 1. The first kappa shape index (κ1) is 60.5. The van der Waals surface area contributed by atoms with Gasteiger partial charge in [0.05, 0.1) is 18.9 Å². The Morgan fingerprint density at radius 3 is 1.69 bits per heavy atom. The van der Waals surface area contributed by atoms with E-state index in [-0.39, 0.29) is 31.3 Å². The van der Waals surface area contributed by atoms with Crippen LogP contribution >= 0.6 is 0 Å². The lowest BCUT2D eigenvalue weighted by Gasteiger charge is -2.30. The van der Waals surface area contributed by atoms with E-state index in [1.807, 2.05) is 65.0 Å². The summed E-state index contributed by atoms with van der Waals surface area (Å²) in [4.78, 5) is 95.7. The molecule has 0 saturated heterocycles. The highest BCUT2D eigenvalue weighted by molar-refractivity contribution is 5.97. The van der Waals surface area contributed by atoms with Gasteiger partial charge in [0.15, 0.2) is 0 Å². The molecule has 67 heavy (non-hydrogen) atoms. The zero-order valence-electron chi connectivity index (χ0n) is 43.1. The van der Waals surface area contributed by atoms with Gasteiger partial charge in [-0.25, -0.2) is 4.79 Å². The minimum absolute atomic E-state index is 0.0806. The molecule has 0 heterocycles. The lowest BCUT2D eigenvalue weighted by Crippen LogP contribution is -2.60. The van der Waals surface area contributed by atoms with Gasteiger partial charge in [-0.15, -0.1) is 0 Å². The van der Waals surface area contributed by atoms with Gasteiger partial charge >= 0.3 is 17.9 Å². The van der Waals surface area contributed by atoms with Gasteiger partial charge in [-0.05, 0) is 75.7 Å². The van der Waals surface area contributed by atoms with Crippen LogP contribution in [0.1, 0.15) is 185 Å². The van der Waals surface area contributed by atoms with Crippen molar-refractivity contribution >= 4 is 41.5 Å². The van der Waals surface area contributed by atoms with Gasteiger partial charge in [0.25, 0.3) is 0 Å². The molecular weight excluding hydrogens is 855 g/mol. The number of carbonyl (C=O) groups excluding carboxylic acids is 7. The van der Waals surface area contributed by atoms with Gasteiger partial charge < -0.3 is 41.2 Å². The van der Waals surface area contributed by atoms with Crippen molar-refractivity contribution in [2.45, 2.75) is 228 Å². The van der Waals surface area contributed by atoms with Crippen molar-refractivity contribution in [3.05, 3.63) is 35.9 Å². The second-order valence-corrected chi connectivity index (χ2v) is 20.4. The average Bonchev–Trinajstić information content (AvgIpc) is 3.24. The van der Waals surface area contributed by atoms with Crippen LogP contribution in [0.4, 0.5) is 0 Å². The third-order valence-electron chi connectivity index (χ3n) is 11.4. The molecular formula is C52H89N5O10. The normalized spacial score (nSPS) is 14.8. The molecule has 1 aromatic rings. The lowest BCUT2D eigenvalue weighted by atomic mass is 9.97. The minimum atomic E-state index is -1.51. The van der Waals surface area contributed by atoms with Crippen molar-refractivity contribution < 1.29 is 47.8 Å². The lowest BCUT2D eigenvalue weighted by molar-refractivity contribution is -0.160. The monoisotopic (exact) mass is 944 g/mol. The molecule has 15 heteroatoms. The van der Waals surface area contributed by atoms with Crippen molar-refractivity contribution in [1.82, 2.24) is 21.3 Å². The predicted octanol–water partition coefficient (Wildman–Crippen LogP) is 7.75. The van der Waals surface area contributed by atoms with Crippen LogP contribution < -0.4 is 27.0 Å². The first-order valence-corrected chi connectivity index (χ1v) is 25.1. The van der Waals surface area contributed by atoms with E-state index < -0.39 is 102 Å². The summed E-state index contributed by atoms with van der Waals surface area (Å²) in [5.41, 5.74) is 6.03. The zero-order valence-corrected chi connectivity index (χ0v) is 43.1. The third-order valence-corrected chi connectivity index (χ3v) is 11.4. The number of esters is 3. The smallest absolute Gasteiger partial charge is 0.329 e. The van der Waals surface area contributed by atoms with E-state index >= 15 is 0 Å². The molecule has 0 aliphatic rings. The number of carbonyl (C=O) groups is 7. The predicted molar refractivity (Wildman–Crippen MR) is 262 cm³/mol. The molecule has 382 valence electrons. The maximum absolute atomic E-state index is 14.3. The number of nitrogens with two attached hydrogens (primary N) is 1. The molecule has 1 rings (SSSR count). The number of nitrogens with one attached hydrogen (secondary N) is 4. The zero-order chi connectivity index (χ0) is 50.7. The fourth-order valence-corrected chi connectivity index (χ4v) is 7.43. The van der Waals surface area contributed by atoms with E-state index in [1.54, 1.807) is 41.5 Å². The maximum Gasteiger partial charge on any atom is 0.329 e. The number of ether oxygens (including phenoxy) is 3. The Balaban J connectivity index is 3.36. The summed E-state index contributed by atoms with van der Waals surface area (Å²) in [5.74, 6) is -5.59. The average molecular weight is 944 g/mol. The number of hydrogen-bond acceptors (Lipinski definition) is 11. The molecule has 0 spiro atoms. The summed E-state index contributed by atoms with van der Waals surface area (Å²) in [7, 11) is 0. The molecule has 0 aliphatic heterocycles. The first-order valence-electron chi connectivity index (χ1n) is 25.1. The van der Waals surface area contributed by atoms with Crippen LogP contribution in [0.15, 0.2) is 30.3 Å². The Hall–Kier alpha value is -4.53. The summed E-state index contributed by atoms with van der Waals surface area (Å²) in [5, 5.41) is 10.9. The summed E-state index contributed by atoms with van der Waals surface area (Å²) in [6.07, 6.45) is 9.78. The van der Waals surface area contributed by atoms with E-state index in [2.05, 4.69) is 28.2 Å². The van der Waals surface area contributed by atoms with E-state index in [0.717, 1.165) is 31.2 Å². The molecule has 0 fully saturated rings. The Labute approximate surface area is 402 Å². The van der Waals surface area contributed by atoms with Crippen LogP contribution in [-0.2, 0) is 54.4 Å². The highest BCUT2D eigenvalue weighted by Crippen LogP contribution is 2.19. The molecule has 7 atom stereocenters. The van der Waals surface area contributed by atoms with Crippen molar-refractivity contribution in [3.8, 4) is 0 Å². The number of rotatable bonds is 33. The largest absolute Gasteiger partial charge is 0.461 e. The second-order valence-electron chi connectivity index (χ2n) is 20.4. The SMILES string of the molecule is CCCCCCCCCCCC(CC(=O)OCc1ccccc1)OC(=O)[C@@H](NC(=O)[C@@H](CC(C)C)NC(=O)[C@H](CC(=O)OC(C)(C)C)NC(=O)[C@@H](NC(=O)[C@@H](N)CC(C)C)C(C)C)[C@@H](C)CC. The van der Waals surface area contributed by atoms with E-state index in [1.165, 1.54) is 32.1 Å². The molecule has 4 amide bonds. The fraction of sp³-hybridized carbons (Fsp3) is 0.750. The van der Waals surface area contributed by atoms with Crippen molar-refractivity contribution in [3.63, 3.8) is 0 Å². The molecule has 1 unspecified atom stereocenters. The van der Waals surface area contributed by atoms with E-state index in [4.69, 9.17) is 19.9 Å². The van der Waals surface area contributed by atoms with Crippen LogP contribution in [0.5, 0.6) is 0 Å². The highest BCUT2D eigenvalue weighted by atomic mass is 16.6. The van der Waals surface area contributed by atoms with E-state index in [0.29, 0.717) is 19.3 Å². The van der Waals surface area contributed by atoms with Crippen LogP contribution in [0.2, 0.25) is 0 Å². The first-order chi connectivity index (χ1) is 31.5. The molecule has 0 aliphatic carbocycles. The van der Waals surface area contributed by atoms with Crippen LogP contribution in [-0.4, -0.2) is 83.5 Å². The molecule has 0 radical (unpaired) electrons. The topological polar surface area (TPSA) is 221 Å². The van der Waals surface area contributed by atoms with Crippen LogP contribution in [0, 0.1) is 23.7 Å². The maximum atomic E-state index is 14.3. The Kier molecular flexibility index (Phi) is 29.1. The van der Waals surface area contributed by atoms with Gasteiger partial charge in [-0.1, -0.05) is 150 Å². The van der Waals surface area contributed by atoms with Crippen molar-refractivity contribution in [2.24, 2.45) is 29.4 Å². The van der Waals surface area contributed by atoms with Crippen LogP contribution in [0.3, 0.4) is 0 Å². The van der Waals surface area contributed by atoms with Gasteiger partial charge in [0.2, 0.25) is 23.6 Å². The van der Waals surface area contributed by atoms with Gasteiger partial charge in [0.1, 0.15) is 42.5 Å². The van der Waals surface area contributed by atoms with Gasteiger partial charge in [0, 0.05) is 0 Å². The number of unbranched alkanes of at least 4 members (excludes halogenated alkanes) is 8. The van der Waals surface area contributed by atoms with Gasteiger partial charge in [-0.2, -0.15) is 0 Å². The molecule has 0 bridgehead atoms. The minimum Gasteiger partial charge on any atom is -0.461 e. The summed E-state index contributed by atoms with van der Waals surface area (Å²) in [6.45, 7) is 22.0. The Morgan fingerprint density at radius 1 is 0.612 bits per heavy atom. The van der Waals surface area contributed by atoms with Gasteiger partial charge in [-0.3, -0.25) is 28.8 Å². The summed E-state index contributed by atoms with van der Waals surface area (Å²) >= 11 is 0. The summed E-state index contributed by atoms with van der Waals surface area (Å²) < 4.78 is 17.1. The quantitative estimate of drug-likeness (QED) is 0.0261.